The Bertz CT molecular complexity index is 641. The van der Waals surface area contributed by atoms with E-state index in [-0.39, 0.29) is 30.0 Å². The summed E-state index contributed by atoms with van der Waals surface area (Å²) < 4.78 is 0. The van der Waals surface area contributed by atoms with Crippen LogP contribution in [0.2, 0.25) is 0 Å². The van der Waals surface area contributed by atoms with Gasteiger partial charge in [-0.25, -0.2) is 4.99 Å². The number of guanidine groups is 1. The first-order valence-electron chi connectivity index (χ1n) is 7.63. The van der Waals surface area contributed by atoms with E-state index in [1.807, 2.05) is 0 Å². The predicted molar refractivity (Wildman–Crippen MR) is 101 cm³/mol. The predicted octanol–water partition coefficient (Wildman–Crippen LogP) is 3.04. The summed E-state index contributed by atoms with van der Waals surface area (Å²) in [5.74, 6) is 0.923. The molecule has 0 aromatic heterocycles. The van der Waals surface area contributed by atoms with E-state index in [2.05, 4.69) is 59.2 Å². The van der Waals surface area contributed by atoms with Gasteiger partial charge in [0.1, 0.15) is 6.04 Å². The van der Waals surface area contributed by atoms with Gasteiger partial charge in [0.2, 0.25) is 0 Å². The van der Waals surface area contributed by atoms with Gasteiger partial charge < -0.3 is 10.6 Å². The van der Waals surface area contributed by atoms with Gasteiger partial charge in [-0.05, 0) is 35.1 Å². The lowest BCUT2D eigenvalue weighted by molar-refractivity contribution is 0.847. The molecule has 4 rings (SSSR count). The molecule has 0 spiro atoms. The standard InChI is InChI=1S/C18H19N3.HI/c1-3-7-15-13(5-1)9-10-14-6-2-4-8-16(14)17(15)21-18-19-11-12-20-18;/h1-8,17H,9-12H2,(H2,19,20,21);1H. The van der Waals surface area contributed by atoms with E-state index < -0.39 is 0 Å². The van der Waals surface area contributed by atoms with Gasteiger partial charge in [-0.3, -0.25) is 0 Å². The van der Waals surface area contributed by atoms with Crippen molar-refractivity contribution in [2.75, 3.05) is 13.1 Å². The molecule has 0 unspecified atom stereocenters. The van der Waals surface area contributed by atoms with Crippen molar-refractivity contribution in [3.05, 3.63) is 70.8 Å². The molecule has 2 N–H and O–H groups in total. The minimum absolute atomic E-state index is 0. The van der Waals surface area contributed by atoms with E-state index in [0.29, 0.717) is 0 Å². The fourth-order valence-corrected chi connectivity index (χ4v) is 3.28. The second kappa shape index (κ2) is 6.69. The molecule has 1 aliphatic heterocycles. The van der Waals surface area contributed by atoms with E-state index in [4.69, 9.17) is 4.99 Å². The molecule has 1 heterocycles. The van der Waals surface area contributed by atoms with Gasteiger partial charge in [0.25, 0.3) is 0 Å². The minimum Gasteiger partial charge on any atom is -0.355 e. The number of hydrogen-bond donors (Lipinski definition) is 2. The number of rotatable bonds is 1. The van der Waals surface area contributed by atoms with Crippen molar-refractivity contribution < 1.29 is 0 Å². The highest BCUT2D eigenvalue weighted by molar-refractivity contribution is 14.0. The van der Waals surface area contributed by atoms with Crippen molar-refractivity contribution in [3.8, 4) is 0 Å². The smallest absolute Gasteiger partial charge is 0.192 e. The summed E-state index contributed by atoms with van der Waals surface area (Å²) in [7, 11) is 0. The van der Waals surface area contributed by atoms with Gasteiger partial charge in [0.15, 0.2) is 5.96 Å². The summed E-state index contributed by atoms with van der Waals surface area (Å²) in [5, 5.41) is 6.65. The van der Waals surface area contributed by atoms with Crippen molar-refractivity contribution in [1.82, 2.24) is 10.6 Å². The van der Waals surface area contributed by atoms with Gasteiger partial charge in [0, 0.05) is 13.1 Å². The summed E-state index contributed by atoms with van der Waals surface area (Å²) in [5.41, 5.74) is 5.51. The molecule has 114 valence electrons. The zero-order chi connectivity index (χ0) is 14.1. The van der Waals surface area contributed by atoms with Crippen LogP contribution in [-0.4, -0.2) is 19.0 Å². The summed E-state index contributed by atoms with van der Waals surface area (Å²) in [6.45, 7) is 1.91. The van der Waals surface area contributed by atoms with Crippen LogP contribution in [0, 0.1) is 0 Å². The first-order chi connectivity index (χ1) is 10.4. The van der Waals surface area contributed by atoms with Crippen LogP contribution in [0.4, 0.5) is 0 Å². The van der Waals surface area contributed by atoms with Crippen LogP contribution >= 0.6 is 24.0 Å². The normalized spacial score (nSPS) is 16.5. The summed E-state index contributed by atoms with van der Waals surface area (Å²) >= 11 is 0. The Balaban J connectivity index is 0.00000144. The fourth-order valence-electron chi connectivity index (χ4n) is 3.28. The molecule has 0 saturated carbocycles. The minimum atomic E-state index is 0. The van der Waals surface area contributed by atoms with Gasteiger partial charge in [-0.15, -0.1) is 24.0 Å². The molecular weight excluding hydrogens is 385 g/mol. The van der Waals surface area contributed by atoms with E-state index in [1.165, 1.54) is 22.3 Å². The van der Waals surface area contributed by atoms with Crippen LogP contribution in [0.1, 0.15) is 28.3 Å². The van der Waals surface area contributed by atoms with Crippen LogP contribution in [0.3, 0.4) is 0 Å². The fraction of sp³-hybridized carbons (Fsp3) is 0.278. The SMILES string of the molecule is I.c1ccc2c(c1)CCc1ccccc1C2N=C1NCCN1. The highest BCUT2D eigenvalue weighted by Gasteiger charge is 2.23. The quantitative estimate of drug-likeness (QED) is 0.716. The van der Waals surface area contributed by atoms with Crippen LogP contribution in [0.25, 0.3) is 0 Å². The Morgan fingerprint density at radius 3 is 1.82 bits per heavy atom. The van der Waals surface area contributed by atoms with Crippen molar-refractivity contribution in [3.63, 3.8) is 0 Å². The second-order valence-electron chi connectivity index (χ2n) is 5.63. The molecule has 1 saturated heterocycles. The monoisotopic (exact) mass is 405 g/mol. The molecule has 0 bridgehead atoms. The van der Waals surface area contributed by atoms with Crippen LogP contribution in [0.5, 0.6) is 0 Å². The number of aliphatic imine (C=N–C) groups is 1. The molecule has 0 radical (unpaired) electrons. The molecule has 0 amide bonds. The lowest BCUT2D eigenvalue weighted by Crippen LogP contribution is -2.25. The first-order valence-corrected chi connectivity index (χ1v) is 7.63. The number of nitrogens with zero attached hydrogens (tertiary/aromatic N) is 1. The van der Waals surface area contributed by atoms with Crippen LogP contribution in [0.15, 0.2) is 53.5 Å². The Kier molecular flexibility index (Phi) is 4.66. The number of halogens is 1. The van der Waals surface area contributed by atoms with Gasteiger partial charge in [0.05, 0.1) is 0 Å². The maximum atomic E-state index is 4.97. The Morgan fingerprint density at radius 2 is 1.27 bits per heavy atom. The van der Waals surface area contributed by atoms with Gasteiger partial charge in [-0.2, -0.15) is 0 Å². The topological polar surface area (TPSA) is 36.4 Å². The third kappa shape index (κ3) is 2.84. The maximum Gasteiger partial charge on any atom is 0.192 e. The van der Waals surface area contributed by atoms with Crippen molar-refractivity contribution in [1.29, 1.82) is 0 Å². The number of fused-ring (bicyclic) bond motifs is 2. The molecular formula is C18H20IN3. The lowest BCUT2D eigenvalue weighted by Gasteiger charge is -2.17. The zero-order valence-corrected chi connectivity index (χ0v) is 14.7. The van der Waals surface area contributed by atoms with Gasteiger partial charge in [-0.1, -0.05) is 48.5 Å². The Morgan fingerprint density at radius 1 is 0.773 bits per heavy atom. The van der Waals surface area contributed by atoms with E-state index in [0.717, 1.165) is 31.9 Å². The average molecular weight is 405 g/mol. The van der Waals surface area contributed by atoms with Crippen LogP contribution < -0.4 is 10.6 Å². The summed E-state index contributed by atoms with van der Waals surface area (Å²) in [4.78, 5) is 4.97. The first kappa shape index (κ1) is 15.3. The zero-order valence-electron chi connectivity index (χ0n) is 12.4. The maximum absolute atomic E-state index is 4.97. The number of nitrogens with one attached hydrogen (secondary N) is 2. The number of hydrogen-bond acceptors (Lipinski definition) is 1. The van der Waals surface area contributed by atoms with E-state index >= 15 is 0 Å². The molecule has 1 aliphatic carbocycles. The molecule has 4 heteroatoms. The molecule has 3 nitrogen and oxygen atoms in total. The van der Waals surface area contributed by atoms with Crippen molar-refractivity contribution in [2.24, 2.45) is 4.99 Å². The highest BCUT2D eigenvalue weighted by Crippen LogP contribution is 2.35. The van der Waals surface area contributed by atoms with Crippen LogP contribution in [-0.2, 0) is 12.8 Å². The average Bonchev–Trinajstić information content (AvgIpc) is 2.99. The summed E-state index contributed by atoms with van der Waals surface area (Å²) in [6, 6.07) is 17.5. The number of aryl methyl sites for hydroxylation is 2. The largest absolute Gasteiger partial charge is 0.355 e. The highest BCUT2D eigenvalue weighted by atomic mass is 127. The second-order valence-corrected chi connectivity index (χ2v) is 5.63. The van der Waals surface area contributed by atoms with E-state index in [9.17, 15) is 0 Å². The van der Waals surface area contributed by atoms with Crippen molar-refractivity contribution in [2.45, 2.75) is 18.9 Å². The van der Waals surface area contributed by atoms with Crippen molar-refractivity contribution >= 4 is 29.9 Å². The third-order valence-corrected chi connectivity index (χ3v) is 4.33. The van der Waals surface area contributed by atoms with E-state index in [1.54, 1.807) is 0 Å². The summed E-state index contributed by atoms with van der Waals surface area (Å²) in [6.07, 6.45) is 2.19. The molecule has 2 aliphatic rings. The Hall–Kier alpha value is -1.56. The number of benzene rings is 2. The molecule has 2 aromatic carbocycles. The molecule has 1 fully saturated rings. The molecule has 0 atom stereocenters. The lowest BCUT2D eigenvalue weighted by atomic mass is 9.95. The Labute approximate surface area is 148 Å². The third-order valence-electron chi connectivity index (χ3n) is 4.33. The molecule has 2 aromatic rings. The van der Waals surface area contributed by atoms with Gasteiger partial charge >= 0.3 is 0 Å². The molecule has 22 heavy (non-hydrogen) atoms.